The second-order valence-corrected chi connectivity index (χ2v) is 4.50. The molecule has 0 bridgehead atoms. The van der Waals surface area contributed by atoms with Crippen molar-refractivity contribution in [3.8, 4) is 0 Å². The average molecular weight is 198 g/mol. The van der Waals surface area contributed by atoms with E-state index in [1.165, 1.54) is 45.3 Å². The molecule has 3 nitrogen and oxygen atoms in total. The fourth-order valence-corrected chi connectivity index (χ4v) is 2.64. The molecule has 2 rings (SSSR count). The lowest BCUT2D eigenvalue weighted by Gasteiger charge is -2.39. The van der Waals surface area contributed by atoms with Crippen LogP contribution in [0.25, 0.3) is 0 Å². The van der Waals surface area contributed by atoms with Crippen LogP contribution in [0.3, 0.4) is 0 Å². The smallest absolute Gasteiger partial charge is 0.0698 e. The Morgan fingerprint density at radius 1 is 1.29 bits per heavy atom. The Morgan fingerprint density at radius 2 is 2.21 bits per heavy atom. The van der Waals surface area contributed by atoms with Gasteiger partial charge in [-0.05, 0) is 38.8 Å². The first-order valence-electron chi connectivity index (χ1n) is 5.87. The molecule has 2 aliphatic rings. The first-order chi connectivity index (χ1) is 6.90. The summed E-state index contributed by atoms with van der Waals surface area (Å²) >= 11 is 0. The minimum Gasteiger partial charge on any atom is -0.380 e. The molecule has 2 aliphatic heterocycles. The molecule has 0 spiro atoms. The standard InChI is InChI=1S/C11H22N2O/c1-14-11-5-3-7-13(9-11)10-4-2-6-12-8-10/h10-12H,2-9H2,1H3. The topological polar surface area (TPSA) is 24.5 Å². The number of rotatable bonds is 2. The van der Waals surface area contributed by atoms with Gasteiger partial charge in [-0.15, -0.1) is 0 Å². The van der Waals surface area contributed by atoms with E-state index in [4.69, 9.17) is 4.74 Å². The lowest BCUT2D eigenvalue weighted by Crippen LogP contribution is -2.51. The van der Waals surface area contributed by atoms with Gasteiger partial charge in [0.1, 0.15) is 0 Å². The monoisotopic (exact) mass is 198 g/mol. The van der Waals surface area contributed by atoms with Gasteiger partial charge in [-0.2, -0.15) is 0 Å². The zero-order valence-corrected chi connectivity index (χ0v) is 9.17. The molecule has 2 heterocycles. The molecule has 0 aromatic heterocycles. The number of hydrogen-bond donors (Lipinski definition) is 1. The van der Waals surface area contributed by atoms with Crippen molar-refractivity contribution < 1.29 is 4.74 Å². The highest BCUT2D eigenvalue weighted by Gasteiger charge is 2.26. The highest BCUT2D eigenvalue weighted by molar-refractivity contribution is 4.83. The van der Waals surface area contributed by atoms with Crippen molar-refractivity contribution >= 4 is 0 Å². The summed E-state index contributed by atoms with van der Waals surface area (Å²) in [7, 11) is 1.84. The maximum atomic E-state index is 5.45. The van der Waals surface area contributed by atoms with E-state index in [0.717, 1.165) is 12.6 Å². The van der Waals surface area contributed by atoms with Gasteiger partial charge in [-0.3, -0.25) is 4.90 Å². The van der Waals surface area contributed by atoms with Crippen molar-refractivity contribution in [2.75, 3.05) is 33.3 Å². The summed E-state index contributed by atoms with van der Waals surface area (Å²) in [5.74, 6) is 0. The predicted octanol–water partition coefficient (Wildman–Crippen LogP) is 0.849. The number of ether oxygens (including phenoxy) is 1. The van der Waals surface area contributed by atoms with Crippen LogP contribution in [0.4, 0.5) is 0 Å². The number of likely N-dealkylation sites (tertiary alicyclic amines) is 1. The molecule has 2 atom stereocenters. The van der Waals surface area contributed by atoms with E-state index in [1.807, 2.05) is 7.11 Å². The predicted molar refractivity (Wildman–Crippen MR) is 57.5 cm³/mol. The summed E-state index contributed by atoms with van der Waals surface area (Å²) in [5.41, 5.74) is 0. The lowest BCUT2D eigenvalue weighted by molar-refractivity contribution is 0.0103. The van der Waals surface area contributed by atoms with E-state index < -0.39 is 0 Å². The Balaban J connectivity index is 1.83. The average Bonchev–Trinajstić information content (AvgIpc) is 2.30. The second-order valence-electron chi connectivity index (χ2n) is 4.50. The Morgan fingerprint density at radius 3 is 2.93 bits per heavy atom. The molecular formula is C11H22N2O. The van der Waals surface area contributed by atoms with E-state index in [1.54, 1.807) is 0 Å². The van der Waals surface area contributed by atoms with E-state index in [9.17, 15) is 0 Å². The van der Waals surface area contributed by atoms with Crippen LogP contribution in [0.1, 0.15) is 25.7 Å². The molecule has 82 valence electrons. The van der Waals surface area contributed by atoms with Gasteiger partial charge in [-0.25, -0.2) is 0 Å². The van der Waals surface area contributed by atoms with E-state index >= 15 is 0 Å². The highest BCUT2D eigenvalue weighted by atomic mass is 16.5. The number of nitrogens with zero attached hydrogens (tertiary/aromatic N) is 1. The molecule has 2 unspecified atom stereocenters. The van der Waals surface area contributed by atoms with Crippen LogP contribution < -0.4 is 5.32 Å². The Kier molecular flexibility index (Phi) is 3.79. The number of methoxy groups -OCH3 is 1. The summed E-state index contributed by atoms with van der Waals surface area (Å²) < 4.78 is 5.45. The maximum Gasteiger partial charge on any atom is 0.0698 e. The molecule has 0 aromatic rings. The van der Waals surface area contributed by atoms with E-state index in [0.29, 0.717) is 6.10 Å². The molecular weight excluding hydrogens is 176 g/mol. The lowest BCUT2D eigenvalue weighted by atomic mass is 10.0. The van der Waals surface area contributed by atoms with Crippen LogP contribution in [-0.2, 0) is 4.74 Å². The van der Waals surface area contributed by atoms with Gasteiger partial charge in [0.15, 0.2) is 0 Å². The fourth-order valence-electron chi connectivity index (χ4n) is 2.64. The summed E-state index contributed by atoms with van der Waals surface area (Å²) in [6.45, 7) is 4.80. The maximum absolute atomic E-state index is 5.45. The van der Waals surface area contributed by atoms with Gasteiger partial charge in [0.05, 0.1) is 6.10 Å². The third kappa shape index (κ3) is 2.47. The number of hydrogen-bond acceptors (Lipinski definition) is 3. The number of nitrogens with one attached hydrogen (secondary N) is 1. The van der Waals surface area contributed by atoms with Crippen LogP contribution in [0.2, 0.25) is 0 Å². The quantitative estimate of drug-likeness (QED) is 0.712. The largest absolute Gasteiger partial charge is 0.380 e. The van der Waals surface area contributed by atoms with Gasteiger partial charge in [0.25, 0.3) is 0 Å². The highest BCUT2D eigenvalue weighted by Crippen LogP contribution is 2.18. The third-order valence-electron chi connectivity index (χ3n) is 3.53. The molecule has 1 N–H and O–H groups in total. The van der Waals surface area contributed by atoms with Crippen LogP contribution in [0.15, 0.2) is 0 Å². The minimum atomic E-state index is 0.477. The molecule has 2 fully saturated rings. The summed E-state index contributed by atoms with van der Waals surface area (Å²) in [5, 5.41) is 3.48. The Bertz CT molecular complexity index is 169. The molecule has 0 radical (unpaired) electrons. The van der Waals surface area contributed by atoms with Crippen molar-refractivity contribution in [2.45, 2.75) is 37.8 Å². The fraction of sp³-hybridized carbons (Fsp3) is 1.00. The zero-order valence-electron chi connectivity index (χ0n) is 9.17. The van der Waals surface area contributed by atoms with Gasteiger partial charge in [0.2, 0.25) is 0 Å². The van der Waals surface area contributed by atoms with Crippen LogP contribution >= 0.6 is 0 Å². The first kappa shape index (κ1) is 10.4. The molecule has 0 amide bonds. The van der Waals surface area contributed by atoms with Gasteiger partial charge in [-0.1, -0.05) is 0 Å². The van der Waals surface area contributed by atoms with Crippen molar-refractivity contribution in [2.24, 2.45) is 0 Å². The summed E-state index contributed by atoms with van der Waals surface area (Å²) in [6.07, 6.45) is 5.72. The minimum absolute atomic E-state index is 0.477. The second kappa shape index (κ2) is 5.10. The first-order valence-corrected chi connectivity index (χ1v) is 5.87. The zero-order chi connectivity index (χ0) is 9.80. The van der Waals surface area contributed by atoms with E-state index in [2.05, 4.69) is 10.2 Å². The molecule has 14 heavy (non-hydrogen) atoms. The van der Waals surface area contributed by atoms with Gasteiger partial charge >= 0.3 is 0 Å². The van der Waals surface area contributed by atoms with Gasteiger partial charge < -0.3 is 10.1 Å². The van der Waals surface area contributed by atoms with Crippen LogP contribution in [-0.4, -0.2) is 50.3 Å². The Labute approximate surface area is 86.8 Å². The molecule has 3 heteroatoms. The van der Waals surface area contributed by atoms with Crippen molar-refractivity contribution in [1.29, 1.82) is 0 Å². The number of piperidine rings is 2. The SMILES string of the molecule is COC1CCCN(C2CCCNC2)C1. The molecule has 0 saturated carbocycles. The molecule has 0 aliphatic carbocycles. The van der Waals surface area contributed by atoms with Crippen LogP contribution in [0, 0.1) is 0 Å². The van der Waals surface area contributed by atoms with Gasteiger partial charge in [0, 0.05) is 26.2 Å². The van der Waals surface area contributed by atoms with Crippen molar-refractivity contribution in [3.05, 3.63) is 0 Å². The molecule has 2 saturated heterocycles. The molecule has 0 aromatic carbocycles. The van der Waals surface area contributed by atoms with Crippen molar-refractivity contribution in [3.63, 3.8) is 0 Å². The summed E-state index contributed by atoms with van der Waals surface area (Å²) in [4.78, 5) is 2.61. The van der Waals surface area contributed by atoms with E-state index in [-0.39, 0.29) is 0 Å². The third-order valence-corrected chi connectivity index (χ3v) is 3.53. The summed E-state index contributed by atoms with van der Waals surface area (Å²) in [6, 6.07) is 0.765. The van der Waals surface area contributed by atoms with Crippen molar-refractivity contribution in [1.82, 2.24) is 10.2 Å². The normalized spacial score (nSPS) is 35.8. The Hall–Kier alpha value is -0.120. The van der Waals surface area contributed by atoms with Crippen LogP contribution in [0.5, 0.6) is 0 Å².